The number of unbranched alkanes of at least 4 members (excludes halogenated alkanes) is 2. The molecule has 8 nitrogen and oxygen atoms in total. The molecule has 0 aromatic heterocycles. The van der Waals surface area contributed by atoms with E-state index in [0.29, 0.717) is 29.8 Å². The minimum absolute atomic E-state index is 0. The van der Waals surface area contributed by atoms with Crippen LogP contribution in [0.25, 0.3) is 0 Å². The summed E-state index contributed by atoms with van der Waals surface area (Å²) in [5.41, 5.74) is -5.27. The summed E-state index contributed by atoms with van der Waals surface area (Å²) in [6.07, 6.45) is 3.23. The average molecular weight is 558 g/mol. The lowest BCUT2D eigenvalue weighted by atomic mass is 10.1. The molecule has 13 heteroatoms. The number of hydrogen-bond donors (Lipinski definition) is 2. The molecule has 1 aliphatic heterocycles. The van der Waals surface area contributed by atoms with Crippen molar-refractivity contribution in [1.29, 1.82) is 0 Å². The quantitative estimate of drug-likeness (QED) is 0.148. The van der Waals surface area contributed by atoms with Crippen molar-refractivity contribution in [3.8, 4) is 0 Å². The van der Waals surface area contributed by atoms with E-state index in [1.165, 1.54) is 7.11 Å². The molecule has 0 aromatic rings. The molecule has 1 heterocycles. The van der Waals surface area contributed by atoms with Gasteiger partial charge in [-0.3, -0.25) is 9.79 Å². The van der Waals surface area contributed by atoms with E-state index in [4.69, 9.17) is 0 Å². The van der Waals surface area contributed by atoms with E-state index in [0.717, 1.165) is 19.3 Å². The molecule has 0 bridgehead atoms. The second-order valence-corrected chi connectivity index (χ2v) is 8.35. The van der Waals surface area contributed by atoms with Crippen LogP contribution in [-0.2, 0) is 19.6 Å². The number of hydrogen-bond acceptors (Lipinski definition) is 5. The highest BCUT2D eigenvalue weighted by Crippen LogP contribution is 2.28. The zero-order valence-electron chi connectivity index (χ0n) is 16.6. The number of piperidine rings is 1. The molecule has 29 heavy (non-hydrogen) atoms. The zero-order chi connectivity index (χ0) is 21.2. The lowest BCUT2D eigenvalue weighted by Crippen LogP contribution is -2.51. The van der Waals surface area contributed by atoms with E-state index < -0.39 is 15.5 Å². The fraction of sp³-hybridized carbons (Fsp3) is 0.875. The highest BCUT2D eigenvalue weighted by molar-refractivity contribution is 14.0. The number of sulfonamides is 1. The van der Waals surface area contributed by atoms with E-state index in [9.17, 15) is 26.4 Å². The number of rotatable bonds is 9. The van der Waals surface area contributed by atoms with Crippen LogP contribution in [0.1, 0.15) is 45.4 Å². The van der Waals surface area contributed by atoms with Gasteiger partial charge in [-0.1, -0.05) is 6.42 Å². The molecule has 0 radical (unpaired) electrons. The predicted octanol–water partition coefficient (Wildman–Crippen LogP) is 2.21. The minimum atomic E-state index is -5.27. The molecular formula is C16H30F3IN4O4S. The van der Waals surface area contributed by atoms with Gasteiger partial charge in [0.15, 0.2) is 5.96 Å². The van der Waals surface area contributed by atoms with Gasteiger partial charge in [-0.25, -0.2) is 8.42 Å². The van der Waals surface area contributed by atoms with Crippen LogP contribution in [0, 0.1) is 0 Å². The molecule has 0 aliphatic carbocycles. The number of ether oxygens (including phenoxy) is 1. The Balaban J connectivity index is 0.00000784. The lowest BCUT2D eigenvalue weighted by Gasteiger charge is -2.32. The molecule has 2 N–H and O–H groups in total. The first kappa shape index (κ1) is 28.2. The van der Waals surface area contributed by atoms with Gasteiger partial charge in [0, 0.05) is 38.6 Å². The maximum Gasteiger partial charge on any atom is 0.511 e. The summed E-state index contributed by atoms with van der Waals surface area (Å²) >= 11 is 0. The largest absolute Gasteiger partial charge is 0.511 e. The van der Waals surface area contributed by atoms with Gasteiger partial charge in [-0.15, -0.1) is 24.0 Å². The van der Waals surface area contributed by atoms with Crippen molar-refractivity contribution in [2.75, 3.05) is 33.3 Å². The number of guanidine groups is 1. The smallest absolute Gasteiger partial charge is 0.469 e. The summed E-state index contributed by atoms with van der Waals surface area (Å²) < 4.78 is 65.8. The summed E-state index contributed by atoms with van der Waals surface area (Å²) in [5.74, 6) is 0.310. The molecule has 0 aromatic carbocycles. The SMILES string of the molecule is CCNC(=NCCCCCC(=O)OC)NC1CCN(S(=O)(=O)C(F)(F)F)CC1.I. The Morgan fingerprint density at radius 3 is 2.34 bits per heavy atom. The molecule has 0 atom stereocenters. The van der Waals surface area contributed by atoms with Crippen molar-refractivity contribution in [2.45, 2.75) is 57.0 Å². The van der Waals surface area contributed by atoms with Gasteiger partial charge >= 0.3 is 21.5 Å². The van der Waals surface area contributed by atoms with Crippen LogP contribution in [0.3, 0.4) is 0 Å². The Hall–Kier alpha value is -0.830. The van der Waals surface area contributed by atoms with Gasteiger partial charge in [-0.05, 0) is 32.6 Å². The maximum atomic E-state index is 12.6. The molecular weight excluding hydrogens is 528 g/mol. The number of aliphatic imine (C=N–C) groups is 1. The van der Waals surface area contributed by atoms with Crippen molar-refractivity contribution in [3.63, 3.8) is 0 Å². The van der Waals surface area contributed by atoms with Gasteiger partial charge in [-0.2, -0.15) is 17.5 Å². The third-order valence-corrected chi connectivity index (χ3v) is 5.94. The number of methoxy groups -OCH3 is 1. The number of esters is 1. The highest BCUT2D eigenvalue weighted by Gasteiger charge is 2.50. The third kappa shape index (κ3) is 9.68. The second kappa shape index (κ2) is 13.5. The van der Waals surface area contributed by atoms with Crippen LogP contribution in [0.15, 0.2) is 4.99 Å². The standard InChI is InChI=1S/C16H29F3N4O4S.HI/c1-3-20-15(21-10-6-4-5-7-14(24)27-2)22-13-8-11-23(12-9-13)28(25,26)16(17,18)19;/h13H,3-12H2,1-2H3,(H2,20,21,22);1H. The number of carbonyl (C=O) groups is 1. The van der Waals surface area contributed by atoms with Crippen LogP contribution in [0.4, 0.5) is 13.2 Å². The van der Waals surface area contributed by atoms with E-state index >= 15 is 0 Å². The normalized spacial score (nSPS) is 16.8. The Bertz CT molecular complexity index is 624. The van der Waals surface area contributed by atoms with Gasteiger partial charge < -0.3 is 15.4 Å². The molecule has 1 aliphatic rings. The zero-order valence-corrected chi connectivity index (χ0v) is 19.8. The van der Waals surface area contributed by atoms with E-state index in [2.05, 4.69) is 20.4 Å². The predicted molar refractivity (Wildman–Crippen MR) is 115 cm³/mol. The molecule has 172 valence electrons. The van der Waals surface area contributed by atoms with E-state index in [-0.39, 0.29) is 61.9 Å². The number of carbonyl (C=O) groups excluding carboxylic acids is 1. The van der Waals surface area contributed by atoms with Crippen LogP contribution < -0.4 is 10.6 Å². The molecule has 0 spiro atoms. The van der Waals surface area contributed by atoms with Gasteiger partial charge in [0.1, 0.15) is 0 Å². The Kier molecular flexibility index (Phi) is 13.1. The summed E-state index contributed by atoms with van der Waals surface area (Å²) in [5, 5.41) is 6.21. The van der Waals surface area contributed by atoms with Gasteiger partial charge in [0.2, 0.25) is 0 Å². The molecule has 0 unspecified atom stereocenters. The molecule has 1 saturated heterocycles. The topological polar surface area (TPSA) is 100 Å². The number of alkyl halides is 3. The van der Waals surface area contributed by atoms with E-state index in [1.54, 1.807) is 0 Å². The summed E-state index contributed by atoms with van der Waals surface area (Å²) in [6.45, 7) is 2.68. The lowest BCUT2D eigenvalue weighted by molar-refractivity contribution is -0.140. The van der Waals surface area contributed by atoms with Crippen LogP contribution in [0.2, 0.25) is 0 Å². The molecule has 1 rings (SSSR count). The second-order valence-electron chi connectivity index (χ2n) is 6.42. The number of nitrogens with zero attached hydrogens (tertiary/aromatic N) is 2. The number of halogens is 4. The van der Waals surface area contributed by atoms with Crippen LogP contribution in [0.5, 0.6) is 0 Å². The maximum absolute atomic E-state index is 12.6. The van der Waals surface area contributed by atoms with Crippen molar-refractivity contribution < 1.29 is 31.1 Å². The third-order valence-electron chi connectivity index (χ3n) is 4.31. The van der Waals surface area contributed by atoms with Gasteiger partial charge in [0.25, 0.3) is 0 Å². The highest BCUT2D eigenvalue weighted by atomic mass is 127. The van der Waals surface area contributed by atoms with E-state index in [1.807, 2.05) is 6.92 Å². The summed E-state index contributed by atoms with van der Waals surface area (Å²) in [6, 6.07) is -0.156. The fourth-order valence-electron chi connectivity index (χ4n) is 2.75. The fourth-order valence-corrected chi connectivity index (χ4v) is 3.74. The Labute approximate surface area is 187 Å². The first-order chi connectivity index (χ1) is 13.1. The minimum Gasteiger partial charge on any atom is -0.469 e. The first-order valence-electron chi connectivity index (χ1n) is 9.30. The van der Waals surface area contributed by atoms with Crippen molar-refractivity contribution in [3.05, 3.63) is 0 Å². The van der Waals surface area contributed by atoms with Crippen LogP contribution >= 0.6 is 24.0 Å². The Morgan fingerprint density at radius 2 is 1.83 bits per heavy atom. The Morgan fingerprint density at radius 1 is 1.21 bits per heavy atom. The summed E-state index contributed by atoms with van der Waals surface area (Å²) in [4.78, 5) is 15.4. The van der Waals surface area contributed by atoms with Crippen molar-refractivity contribution in [2.24, 2.45) is 4.99 Å². The van der Waals surface area contributed by atoms with Crippen molar-refractivity contribution in [1.82, 2.24) is 14.9 Å². The summed E-state index contributed by atoms with van der Waals surface area (Å²) in [7, 11) is -3.91. The molecule has 1 fully saturated rings. The average Bonchev–Trinajstić information content (AvgIpc) is 2.63. The monoisotopic (exact) mass is 558 g/mol. The number of nitrogens with one attached hydrogen (secondary N) is 2. The van der Waals surface area contributed by atoms with Gasteiger partial charge in [0.05, 0.1) is 7.11 Å². The first-order valence-corrected chi connectivity index (χ1v) is 10.7. The van der Waals surface area contributed by atoms with Crippen molar-refractivity contribution >= 4 is 45.9 Å². The molecule has 0 saturated carbocycles. The van der Waals surface area contributed by atoms with Crippen LogP contribution in [-0.4, -0.2) is 69.5 Å². The molecule has 0 amide bonds.